The Morgan fingerprint density at radius 1 is 1.00 bits per heavy atom. The van der Waals surface area contributed by atoms with Crippen LogP contribution in [0.15, 0.2) is 82.0 Å². The molecule has 35 heavy (non-hydrogen) atoms. The molecule has 1 aliphatic rings. The third-order valence-corrected chi connectivity index (χ3v) is 6.45. The summed E-state index contributed by atoms with van der Waals surface area (Å²) in [4.78, 5) is 52.1. The number of thioether (sulfide) groups is 1. The predicted molar refractivity (Wildman–Crippen MR) is 137 cm³/mol. The molecule has 0 saturated carbocycles. The van der Waals surface area contributed by atoms with Gasteiger partial charge in [0.05, 0.1) is 16.3 Å². The summed E-state index contributed by atoms with van der Waals surface area (Å²) < 4.78 is 3.08. The van der Waals surface area contributed by atoms with E-state index < -0.39 is 29.2 Å². The summed E-state index contributed by atoms with van der Waals surface area (Å²) in [7, 11) is 1.71. The van der Waals surface area contributed by atoms with E-state index >= 15 is 0 Å². The number of carbonyl (C=O) groups excluding carboxylic acids is 3. The van der Waals surface area contributed by atoms with E-state index in [1.165, 1.54) is 4.68 Å². The van der Waals surface area contributed by atoms with Crippen molar-refractivity contribution in [1.82, 2.24) is 14.3 Å². The van der Waals surface area contributed by atoms with Gasteiger partial charge in [-0.15, -0.1) is 0 Å². The molecule has 2 aromatic carbocycles. The van der Waals surface area contributed by atoms with E-state index in [0.29, 0.717) is 11.4 Å². The van der Waals surface area contributed by atoms with E-state index in [1.54, 1.807) is 36.9 Å². The molecule has 0 aliphatic carbocycles. The van der Waals surface area contributed by atoms with Gasteiger partial charge in [-0.2, -0.15) is 0 Å². The molecule has 1 saturated heterocycles. The Morgan fingerprint density at radius 3 is 2.29 bits per heavy atom. The normalized spacial score (nSPS) is 15.2. The lowest BCUT2D eigenvalue weighted by Crippen LogP contribution is -2.37. The number of benzene rings is 2. The van der Waals surface area contributed by atoms with Gasteiger partial charge in [-0.3, -0.25) is 28.8 Å². The molecule has 1 aromatic heterocycles. The molecule has 2 heterocycles. The van der Waals surface area contributed by atoms with Crippen LogP contribution in [0.2, 0.25) is 0 Å². The minimum Gasteiger partial charge on any atom is -0.318 e. The number of rotatable bonds is 6. The maximum absolute atomic E-state index is 13.0. The maximum Gasteiger partial charge on any atom is 0.295 e. The fraction of sp³-hybridized carbons (Fsp3) is 0.154. The molecule has 4 rings (SSSR count). The number of amides is 3. The number of anilines is 1. The van der Waals surface area contributed by atoms with Crippen LogP contribution in [0, 0.1) is 6.92 Å². The van der Waals surface area contributed by atoms with Crippen molar-refractivity contribution in [2.45, 2.75) is 13.8 Å². The lowest BCUT2D eigenvalue weighted by atomic mass is 10.1. The SMILES string of the molecule is CC(=C/c1ccccc1)/C=C1\SC(=O)N(CC(=O)Nc2c(C)n(C)n(-c3ccccc3)c2=O)C1=O. The van der Waals surface area contributed by atoms with Crippen molar-refractivity contribution in [2.75, 3.05) is 11.9 Å². The Balaban J connectivity index is 1.49. The highest BCUT2D eigenvalue weighted by atomic mass is 32.2. The molecule has 1 aliphatic heterocycles. The zero-order chi connectivity index (χ0) is 25.1. The molecule has 1 fully saturated rings. The van der Waals surface area contributed by atoms with Gasteiger partial charge in [-0.05, 0) is 55.0 Å². The zero-order valence-electron chi connectivity index (χ0n) is 19.5. The van der Waals surface area contributed by atoms with E-state index in [9.17, 15) is 19.2 Å². The first kappa shape index (κ1) is 24.0. The summed E-state index contributed by atoms with van der Waals surface area (Å²) in [5.74, 6) is -1.17. The number of nitrogens with one attached hydrogen (secondary N) is 1. The smallest absolute Gasteiger partial charge is 0.295 e. The Labute approximate surface area is 206 Å². The number of carbonyl (C=O) groups is 3. The van der Waals surface area contributed by atoms with Crippen LogP contribution in [0.5, 0.6) is 0 Å². The molecule has 1 N–H and O–H groups in total. The summed E-state index contributed by atoms with van der Waals surface area (Å²) >= 11 is 0.787. The minimum absolute atomic E-state index is 0.102. The van der Waals surface area contributed by atoms with Crippen molar-refractivity contribution in [2.24, 2.45) is 7.05 Å². The van der Waals surface area contributed by atoms with E-state index in [1.807, 2.05) is 61.5 Å². The van der Waals surface area contributed by atoms with Crippen LogP contribution in [-0.4, -0.2) is 37.9 Å². The number of hydrogen-bond acceptors (Lipinski definition) is 5. The van der Waals surface area contributed by atoms with Crippen LogP contribution in [0.3, 0.4) is 0 Å². The number of nitrogens with zero attached hydrogens (tertiary/aromatic N) is 3. The highest BCUT2D eigenvalue weighted by Gasteiger charge is 2.36. The second-order valence-corrected chi connectivity index (χ2v) is 9.04. The van der Waals surface area contributed by atoms with Crippen molar-refractivity contribution >= 4 is 40.6 Å². The number of para-hydroxylation sites is 1. The second-order valence-electron chi connectivity index (χ2n) is 8.05. The highest BCUT2D eigenvalue weighted by Crippen LogP contribution is 2.31. The topological polar surface area (TPSA) is 93.4 Å². The lowest BCUT2D eigenvalue weighted by molar-refractivity contribution is -0.127. The second kappa shape index (κ2) is 10.0. The first-order chi connectivity index (χ1) is 16.8. The summed E-state index contributed by atoms with van der Waals surface area (Å²) in [5.41, 5.74) is 2.67. The molecule has 178 valence electrons. The standard InChI is InChI=1S/C26H24N4O4S/c1-17(14-19-10-6-4-7-11-19)15-21-24(32)29(26(34)35-21)16-22(31)27-23-18(2)28(3)30(25(23)33)20-12-8-5-9-13-20/h4-15H,16H2,1-3H3,(H,27,31)/b17-14-,21-15-. The lowest BCUT2D eigenvalue weighted by Gasteiger charge is -2.12. The fourth-order valence-corrected chi connectivity index (χ4v) is 4.62. The average Bonchev–Trinajstić information content (AvgIpc) is 3.21. The van der Waals surface area contributed by atoms with Gasteiger partial charge in [0, 0.05) is 7.05 Å². The first-order valence-corrected chi connectivity index (χ1v) is 11.7. The van der Waals surface area contributed by atoms with Gasteiger partial charge in [0.25, 0.3) is 16.7 Å². The number of aromatic nitrogens is 2. The van der Waals surface area contributed by atoms with Gasteiger partial charge in [-0.25, -0.2) is 4.68 Å². The van der Waals surface area contributed by atoms with Gasteiger partial charge < -0.3 is 5.32 Å². The first-order valence-electron chi connectivity index (χ1n) is 10.9. The minimum atomic E-state index is -0.629. The zero-order valence-corrected chi connectivity index (χ0v) is 20.3. The van der Waals surface area contributed by atoms with Gasteiger partial charge in [0.2, 0.25) is 5.91 Å². The summed E-state index contributed by atoms with van der Waals surface area (Å²) in [6.07, 6.45) is 3.53. The summed E-state index contributed by atoms with van der Waals surface area (Å²) in [5, 5.41) is 2.05. The van der Waals surface area contributed by atoms with Crippen LogP contribution >= 0.6 is 11.8 Å². The molecule has 3 amide bonds. The van der Waals surface area contributed by atoms with Crippen LogP contribution in [0.25, 0.3) is 11.8 Å². The van der Waals surface area contributed by atoms with Gasteiger partial charge >= 0.3 is 0 Å². The van der Waals surface area contributed by atoms with Gasteiger partial charge in [-0.1, -0.05) is 54.6 Å². The third-order valence-electron chi connectivity index (χ3n) is 5.55. The van der Waals surface area contributed by atoms with Gasteiger partial charge in [0.15, 0.2) is 0 Å². The molecule has 0 atom stereocenters. The summed E-state index contributed by atoms with van der Waals surface area (Å²) in [6.45, 7) is 3.06. The molecular weight excluding hydrogens is 464 g/mol. The fourth-order valence-electron chi connectivity index (χ4n) is 3.73. The third kappa shape index (κ3) is 5.04. The van der Waals surface area contributed by atoms with E-state index in [4.69, 9.17) is 0 Å². The van der Waals surface area contributed by atoms with E-state index in [-0.39, 0.29) is 10.6 Å². The molecule has 0 spiro atoms. The number of allylic oxidation sites excluding steroid dienone is 2. The quantitative estimate of drug-likeness (QED) is 0.527. The molecule has 0 radical (unpaired) electrons. The van der Waals surface area contributed by atoms with Crippen LogP contribution in [0.1, 0.15) is 18.2 Å². The monoisotopic (exact) mass is 488 g/mol. The number of hydrogen-bond donors (Lipinski definition) is 1. The Morgan fingerprint density at radius 2 is 1.63 bits per heavy atom. The van der Waals surface area contributed by atoms with E-state index in [2.05, 4.69) is 5.32 Å². The van der Waals surface area contributed by atoms with Crippen molar-refractivity contribution in [3.8, 4) is 5.69 Å². The molecular formula is C26H24N4O4S. The Kier molecular flexibility index (Phi) is 6.88. The van der Waals surface area contributed by atoms with Crippen molar-refractivity contribution in [3.05, 3.63) is 98.8 Å². The van der Waals surface area contributed by atoms with Gasteiger partial charge in [0.1, 0.15) is 12.2 Å². The molecule has 3 aromatic rings. The largest absolute Gasteiger partial charge is 0.318 e. The summed E-state index contributed by atoms with van der Waals surface area (Å²) in [6, 6.07) is 18.6. The average molecular weight is 489 g/mol. The Hall–Kier alpha value is -4.11. The van der Waals surface area contributed by atoms with Crippen molar-refractivity contribution in [3.63, 3.8) is 0 Å². The molecule has 9 heteroatoms. The van der Waals surface area contributed by atoms with E-state index in [0.717, 1.165) is 27.8 Å². The van der Waals surface area contributed by atoms with Crippen LogP contribution in [0.4, 0.5) is 10.5 Å². The van der Waals surface area contributed by atoms with Crippen molar-refractivity contribution < 1.29 is 14.4 Å². The Bertz CT molecular complexity index is 1420. The number of imide groups is 1. The molecule has 0 unspecified atom stereocenters. The molecule has 0 bridgehead atoms. The van der Waals surface area contributed by atoms with Crippen LogP contribution < -0.4 is 10.9 Å². The predicted octanol–water partition coefficient (Wildman–Crippen LogP) is 4.11. The highest BCUT2D eigenvalue weighted by molar-refractivity contribution is 8.18. The molecule has 8 nitrogen and oxygen atoms in total. The maximum atomic E-state index is 13.0. The van der Waals surface area contributed by atoms with Crippen molar-refractivity contribution in [1.29, 1.82) is 0 Å². The van der Waals surface area contributed by atoms with Crippen LogP contribution in [-0.2, 0) is 16.6 Å².